The molecule has 1 saturated heterocycles. The van der Waals surface area contributed by atoms with E-state index < -0.39 is 0 Å². The summed E-state index contributed by atoms with van der Waals surface area (Å²) in [5, 5.41) is 7.61. The summed E-state index contributed by atoms with van der Waals surface area (Å²) in [6, 6.07) is 7.28. The van der Waals surface area contributed by atoms with Crippen LogP contribution in [0.3, 0.4) is 0 Å². The van der Waals surface area contributed by atoms with Crippen LogP contribution in [0.25, 0.3) is 5.82 Å². The van der Waals surface area contributed by atoms with Crippen LogP contribution in [0.5, 0.6) is 0 Å². The van der Waals surface area contributed by atoms with Crippen molar-refractivity contribution in [2.45, 2.75) is 6.92 Å². The van der Waals surface area contributed by atoms with Crippen LogP contribution in [-0.4, -0.2) is 43.7 Å². The Hall–Kier alpha value is -3.00. The molecule has 9 heteroatoms. The zero-order chi connectivity index (χ0) is 18.1. The summed E-state index contributed by atoms with van der Waals surface area (Å²) >= 11 is 6.00. The van der Waals surface area contributed by atoms with E-state index >= 15 is 0 Å². The maximum atomic E-state index is 12.5. The lowest BCUT2D eigenvalue weighted by Gasteiger charge is -2.39. The number of hydrogen-bond donors (Lipinski definition) is 1. The Kier molecular flexibility index (Phi) is 4.26. The molecule has 0 bridgehead atoms. The highest BCUT2D eigenvalue weighted by molar-refractivity contribution is 6.31. The van der Waals surface area contributed by atoms with Gasteiger partial charge in [-0.2, -0.15) is 5.10 Å². The van der Waals surface area contributed by atoms with Gasteiger partial charge in [0.1, 0.15) is 24.8 Å². The quantitative estimate of drug-likeness (QED) is 0.757. The minimum atomic E-state index is -0.0989. The van der Waals surface area contributed by atoms with Crippen LogP contribution in [0.15, 0.2) is 43.2 Å². The minimum absolute atomic E-state index is 0.0165. The van der Waals surface area contributed by atoms with E-state index in [-0.39, 0.29) is 11.8 Å². The van der Waals surface area contributed by atoms with Gasteiger partial charge in [-0.1, -0.05) is 17.7 Å². The standard InChI is InChI=1S/C17H16ClN7O/c1-11-2-3-13(18)4-14(11)23-17(26)12-6-24(7-12)15-5-16(21-9-20-15)25-10-19-8-22-25/h2-5,8-10,12H,6-7H2,1H3,(H,23,26). The fourth-order valence-electron chi connectivity index (χ4n) is 2.76. The number of nitrogens with zero attached hydrogens (tertiary/aromatic N) is 6. The van der Waals surface area contributed by atoms with Crippen LogP contribution in [0.2, 0.25) is 5.02 Å². The lowest BCUT2D eigenvalue weighted by atomic mass is 9.99. The zero-order valence-electron chi connectivity index (χ0n) is 14.0. The van der Waals surface area contributed by atoms with Crippen molar-refractivity contribution in [1.29, 1.82) is 0 Å². The summed E-state index contributed by atoms with van der Waals surface area (Å²) in [5.74, 6) is 1.28. The number of nitrogens with one attached hydrogen (secondary N) is 1. The van der Waals surface area contributed by atoms with Crippen molar-refractivity contribution in [3.63, 3.8) is 0 Å². The fraction of sp³-hybridized carbons (Fsp3) is 0.235. The predicted octanol–water partition coefficient (Wildman–Crippen LogP) is 2.09. The monoisotopic (exact) mass is 369 g/mol. The number of benzene rings is 1. The number of aryl methyl sites for hydroxylation is 1. The van der Waals surface area contributed by atoms with E-state index in [0.717, 1.165) is 17.1 Å². The summed E-state index contributed by atoms with van der Waals surface area (Å²) in [7, 11) is 0. The number of amides is 1. The first-order chi connectivity index (χ1) is 12.6. The second kappa shape index (κ2) is 6.72. The van der Waals surface area contributed by atoms with Crippen molar-refractivity contribution in [3.8, 4) is 5.82 Å². The van der Waals surface area contributed by atoms with Gasteiger partial charge < -0.3 is 10.2 Å². The highest BCUT2D eigenvalue weighted by Gasteiger charge is 2.34. The largest absolute Gasteiger partial charge is 0.355 e. The molecule has 0 saturated carbocycles. The average molecular weight is 370 g/mol. The third-order valence-electron chi connectivity index (χ3n) is 4.33. The first kappa shape index (κ1) is 16.5. The Bertz CT molecular complexity index is 938. The van der Waals surface area contributed by atoms with Gasteiger partial charge in [0, 0.05) is 29.9 Å². The summed E-state index contributed by atoms with van der Waals surface area (Å²) in [4.78, 5) is 26.8. The van der Waals surface area contributed by atoms with Crippen molar-refractivity contribution >= 4 is 29.0 Å². The molecule has 4 rings (SSSR count). The van der Waals surface area contributed by atoms with Gasteiger partial charge in [-0.3, -0.25) is 4.79 Å². The van der Waals surface area contributed by atoms with E-state index in [0.29, 0.717) is 23.9 Å². The molecule has 1 N–H and O–H groups in total. The highest BCUT2D eigenvalue weighted by atomic mass is 35.5. The summed E-state index contributed by atoms with van der Waals surface area (Å²) < 4.78 is 1.57. The zero-order valence-corrected chi connectivity index (χ0v) is 14.8. The molecule has 0 spiro atoms. The molecule has 0 aliphatic carbocycles. The van der Waals surface area contributed by atoms with E-state index in [4.69, 9.17) is 11.6 Å². The van der Waals surface area contributed by atoms with Crippen molar-refractivity contribution < 1.29 is 4.79 Å². The Morgan fingerprint density at radius 3 is 2.77 bits per heavy atom. The Morgan fingerprint density at radius 1 is 1.19 bits per heavy atom. The van der Waals surface area contributed by atoms with Crippen LogP contribution >= 0.6 is 11.6 Å². The van der Waals surface area contributed by atoms with Gasteiger partial charge in [0.25, 0.3) is 0 Å². The lowest BCUT2D eigenvalue weighted by Crippen LogP contribution is -2.52. The smallest absolute Gasteiger partial charge is 0.231 e. The van der Waals surface area contributed by atoms with Crippen LogP contribution in [0.1, 0.15) is 5.56 Å². The second-order valence-corrected chi connectivity index (χ2v) is 6.56. The molecule has 3 aromatic rings. The summed E-state index contributed by atoms with van der Waals surface area (Å²) in [5.41, 5.74) is 1.73. The van der Waals surface area contributed by atoms with Gasteiger partial charge in [0.2, 0.25) is 5.91 Å². The van der Waals surface area contributed by atoms with Crippen LogP contribution < -0.4 is 10.2 Å². The number of halogens is 1. The van der Waals surface area contributed by atoms with Crippen LogP contribution in [-0.2, 0) is 4.79 Å². The van der Waals surface area contributed by atoms with E-state index in [1.54, 1.807) is 23.1 Å². The average Bonchev–Trinajstić information content (AvgIpc) is 3.12. The van der Waals surface area contributed by atoms with Gasteiger partial charge in [-0.25, -0.2) is 19.6 Å². The molecule has 3 heterocycles. The molecule has 1 fully saturated rings. The maximum absolute atomic E-state index is 12.5. The van der Waals surface area contributed by atoms with Gasteiger partial charge in [0.05, 0.1) is 5.92 Å². The molecule has 1 amide bonds. The number of hydrogen-bond acceptors (Lipinski definition) is 6. The molecule has 26 heavy (non-hydrogen) atoms. The number of anilines is 2. The minimum Gasteiger partial charge on any atom is -0.355 e. The topological polar surface area (TPSA) is 88.8 Å². The molecule has 8 nitrogen and oxygen atoms in total. The third kappa shape index (κ3) is 3.23. The second-order valence-electron chi connectivity index (χ2n) is 6.12. The van der Waals surface area contributed by atoms with Crippen molar-refractivity contribution in [1.82, 2.24) is 24.7 Å². The van der Waals surface area contributed by atoms with Crippen molar-refractivity contribution in [2.24, 2.45) is 5.92 Å². The lowest BCUT2D eigenvalue weighted by molar-refractivity contribution is -0.120. The van der Waals surface area contributed by atoms with E-state index in [9.17, 15) is 4.79 Å². The van der Waals surface area contributed by atoms with Crippen LogP contribution in [0, 0.1) is 12.8 Å². The number of rotatable bonds is 4. The maximum Gasteiger partial charge on any atom is 0.231 e. The van der Waals surface area contributed by atoms with E-state index in [1.807, 2.05) is 24.0 Å². The van der Waals surface area contributed by atoms with Crippen molar-refractivity contribution in [3.05, 3.63) is 53.8 Å². The summed E-state index contributed by atoms with van der Waals surface area (Å²) in [6.07, 6.45) is 4.50. The van der Waals surface area contributed by atoms with Crippen molar-refractivity contribution in [2.75, 3.05) is 23.3 Å². The van der Waals surface area contributed by atoms with E-state index in [2.05, 4.69) is 25.4 Å². The normalized spacial score (nSPS) is 14.2. The first-order valence-corrected chi connectivity index (χ1v) is 8.47. The molecule has 0 unspecified atom stereocenters. The molecule has 2 aromatic heterocycles. The Labute approximate surface area is 154 Å². The third-order valence-corrected chi connectivity index (χ3v) is 4.56. The Balaban J connectivity index is 1.40. The molecule has 0 radical (unpaired) electrons. The van der Waals surface area contributed by atoms with Gasteiger partial charge in [-0.15, -0.1) is 0 Å². The van der Waals surface area contributed by atoms with Crippen LogP contribution in [0.4, 0.5) is 11.5 Å². The molecule has 1 aliphatic rings. The van der Waals surface area contributed by atoms with Gasteiger partial charge in [0.15, 0.2) is 5.82 Å². The molecular weight excluding hydrogens is 354 g/mol. The fourth-order valence-corrected chi connectivity index (χ4v) is 2.93. The number of carbonyl (C=O) groups excluding carboxylic acids is 1. The highest BCUT2D eigenvalue weighted by Crippen LogP contribution is 2.26. The molecule has 132 valence electrons. The molecule has 0 atom stereocenters. The first-order valence-electron chi connectivity index (χ1n) is 8.09. The molecule has 1 aliphatic heterocycles. The molecular formula is C17H16ClN7O. The summed E-state index contributed by atoms with van der Waals surface area (Å²) in [6.45, 7) is 3.13. The molecule has 1 aromatic carbocycles. The van der Waals surface area contributed by atoms with Gasteiger partial charge >= 0.3 is 0 Å². The number of carbonyl (C=O) groups is 1. The predicted molar refractivity (Wildman–Crippen MR) is 97.5 cm³/mol. The number of aromatic nitrogens is 5. The SMILES string of the molecule is Cc1ccc(Cl)cc1NC(=O)C1CN(c2cc(-n3cncn3)ncn2)C1. The Morgan fingerprint density at radius 2 is 2.00 bits per heavy atom. The van der Waals surface area contributed by atoms with E-state index in [1.165, 1.54) is 12.7 Å². The van der Waals surface area contributed by atoms with Gasteiger partial charge in [-0.05, 0) is 24.6 Å².